The van der Waals surface area contributed by atoms with E-state index < -0.39 is 0 Å². The van der Waals surface area contributed by atoms with E-state index in [-0.39, 0.29) is 0 Å². The molecule has 0 radical (unpaired) electrons. The van der Waals surface area contributed by atoms with Crippen LogP contribution in [0.2, 0.25) is 0 Å². The molecular weight excluding hydrogens is 286 g/mol. The molecule has 2 rings (SSSR count). The second kappa shape index (κ2) is 7.76. The lowest BCUT2D eigenvalue weighted by Crippen LogP contribution is -2.21. The van der Waals surface area contributed by atoms with Crippen molar-refractivity contribution in [3.05, 3.63) is 29.3 Å². The molecule has 1 atom stereocenters. The fraction of sp³-hybridized carbons (Fsp3) is 0.467. The normalized spacial score (nSPS) is 12.6. The van der Waals surface area contributed by atoms with Crippen LogP contribution in [-0.2, 0) is 0 Å². The number of hydrogen-bond donors (Lipinski definition) is 1. The lowest BCUT2D eigenvalue weighted by atomic mass is 10.2. The number of thioether (sulfide) groups is 1. The zero-order valence-corrected chi connectivity index (χ0v) is 13.9. The molecule has 108 valence electrons. The van der Waals surface area contributed by atoms with Crippen molar-refractivity contribution in [2.45, 2.75) is 37.6 Å². The summed E-state index contributed by atoms with van der Waals surface area (Å²) in [6.45, 7) is 5.39. The van der Waals surface area contributed by atoms with Gasteiger partial charge in [0.25, 0.3) is 0 Å². The van der Waals surface area contributed by atoms with Crippen LogP contribution in [-0.4, -0.2) is 23.0 Å². The molecular formula is C15H21N3S2. The van der Waals surface area contributed by atoms with E-state index in [1.807, 2.05) is 0 Å². The van der Waals surface area contributed by atoms with Crippen molar-refractivity contribution in [1.82, 2.24) is 15.5 Å². The Morgan fingerprint density at radius 2 is 2.05 bits per heavy atom. The Morgan fingerprint density at radius 1 is 1.25 bits per heavy atom. The Balaban J connectivity index is 2.23. The van der Waals surface area contributed by atoms with Gasteiger partial charge in [-0.05, 0) is 31.7 Å². The smallest absolute Gasteiger partial charge is 0.148 e. The first-order valence-electron chi connectivity index (χ1n) is 7.00. The van der Waals surface area contributed by atoms with Crippen molar-refractivity contribution in [3.63, 3.8) is 0 Å². The minimum Gasteiger partial charge on any atom is -0.308 e. The van der Waals surface area contributed by atoms with Crippen molar-refractivity contribution in [1.29, 1.82) is 0 Å². The van der Waals surface area contributed by atoms with Gasteiger partial charge in [0.2, 0.25) is 0 Å². The summed E-state index contributed by atoms with van der Waals surface area (Å²) in [5.74, 6) is 0. The number of nitrogens with zero attached hydrogens (tertiary/aromatic N) is 2. The molecule has 0 saturated carbocycles. The van der Waals surface area contributed by atoms with Crippen LogP contribution >= 0.6 is 23.1 Å². The van der Waals surface area contributed by atoms with Crippen LogP contribution in [0.25, 0.3) is 10.6 Å². The number of hydrogen-bond acceptors (Lipinski definition) is 5. The summed E-state index contributed by atoms with van der Waals surface area (Å²) in [6, 6.07) is 8.70. The molecule has 20 heavy (non-hydrogen) atoms. The standard InChI is InChI=1S/C15H21N3S2/c1-4-10-16-12(5-2)15-18-17-14(20-15)11-8-6-7-9-13(11)19-3/h6-9,12,16H,4-5,10H2,1-3H3. The summed E-state index contributed by atoms with van der Waals surface area (Å²) < 4.78 is 0. The quantitative estimate of drug-likeness (QED) is 0.770. The maximum absolute atomic E-state index is 4.39. The van der Waals surface area contributed by atoms with Crippen LogP contribution in [0, 0.1) is 0 Å². The Hall–Kier alpha value is -0.910. The van der Waals surface area contributed by atoms with E-state index in [0.29, 0.717) is 6.04 Å². The molecule has 1 N–H and O–H groups in total. The molecule has 1 heterocycles. The first kappa shape index (κ1) is 15.5. The number of rotatable bonds is 7. The lowest BCUT2D eigenvalue weighted by molar-refractivity contribution is 0.513. The maximum atomic E-state index is 4.39. The Kier molecular flexibility index (Phi) is 6.01. The highest BCUT2D eigenvalue weighted by atomic mass is 32.2. The summed E-state index contributed by atoms with van der Waals surface area (Å²) in [7, 11) is 0. The van der Waals surface area contributed by atoms with Gasteiger partial charge in [-0.3, -0.25) is 0 Å². The highest BCUT2D eigenvalue weighted by molar-refractivity contribution is 7.98. The van der Waals surface area contributed by atoms with E-state index in [9.17, 15) is 0 Å². The molecule has 3 nitrogen and oxygen atoms in total. The topological polar surface area (TPSA) is 37.8 Å². The minimum atomic E-state index is 0.322. The molecule has 1 aromatic heterocycles. The van der Waals surface area contributed by atoms with E-state index >= 15 is 0 Å². The fourth-order valence-corrected chi connectivity index (χ4v) is 3.74. The van der Waals surface area contributed by atoms with Gasteiger partial charge in [-0.1, -0.05) is 43.4 Å². The molecule has 2 aromatic rings. The number of nitrogens with one attached hydrogen (secondary N) is 1. The second-order valence-electron chi connectivity index (χ2n) is 4.56. The summed E-state index contributed by atoms with van der Waals surface area (Å²) in [5, 5.41) is 14.4. The minimum absolute atomic E-state index is 0.322. The average Bonchev–Trinajstić information content (AvgIpc) is 2.97. The summed E-state index contributed by atoms with van der Waals surface area (Å²) in [4.78, 5) is 1.25. The molecule has 1 aromatic carbocycles. The van der Waals surface area contributed by atoms with E-state index in [0.717, 1.165) is 29.4 Å². The predicted octanol–water partition coefficient (Wildman–Crippen LogP) is 4.38. The lowest BCUT2D eigenvalue weighted by Gasteiger charge is -2.12. The van der Waals surface area contributed by atoms with Crippen molar-refractivity contribution in [2.75, 3.05) is 12.8 Å². The molecule has 5 heteroatoms. The number of benzene rings is 1. The van der Waals surface area contributed by atoms with Gasteiger partial charge in [-0.25, -0.2) is 0 Å². The predicted molar refractivity (Wildman–Crippen MR) is 88.5 cm³/mol. The highest BCUT2D eigenvalue weighted by Crippen LogP contribution is 2.33. The molecule has 0 amide bonds. The van der Waals surface area contributed by atoms with Crippen molar-refractivity contribution < 1.29 is 0 Å². The average molecular weight is 307 g/mol. The zero-order chi connectivity index (χ0) is 14.4. The van der Waals surface area contributed by atoms with Gasteiger partial charge < -0.3 is 5.32 Å². The molecule has 0 bridgehead atoms. The molecule has 0 aliphatic heterocycles. The molecule has 0 aliphatic rings. The van der Waals surface area contributed by atoms with Gasteiger partial charge in [0.15, 0.2) is 0 Å². The SMILES string of the molecule is CCCNC(CC)c1nnc(-c2ccccc2SC)s1. The highest BCUT2D eigenvalue weighted by Gasteiger charge is 2.16. The van der Waals surface area contributed by atoms with Crippen LogP contribution in [0.3, 0.4) is 0 Å². The largest absolute Gasteiger partial charge is 0.308 e. The van der Waals surface area contributed by atoms with Gasteiger partial charge in [0.1, 0.15) is 10.0 Å². The van der Waals surface area contributed by atoms with E-state index in [1.54, 1.807) is 23.1 Å². The van der Waals surface area contributed by atoms with Gasteiger partial charge >= 0.3 is 0 Å². The summed E-state index contributed by atoms with van der Waals surface area (Å²) >= 11 is 3.45. The molecule has 0 fully saturated rings. The van der Waals surface area contributed by atoms with Gasteiger partial charge in [0, 0.05) is 10.5 Å². The third kappa shape index (κ3) is 3.59. The third-order valence-electron chi connectivity index (χ3n) is 3.13. The fourth-order valence-electron chi connectivity index (χ4n) is 2.03. The van der Waals surface area contributed by atoms with E-state index in [4.69, 9.17) is 0 Å². The Morgan fingerprint density at radius 3 is 2.75 bits per heavy atom. The van der Waals surface area contributed by atoms with Gasteiger partial charge in [0.05, 0.1) is 6.04 Å². The van der Waals surface area contributed by atoms with Gasteiger partial charge in [-0.15, -0.1) is 22.0 Å². The van der Waals surface area contributed by atoms with Crippen LogP contribution in [0.15, 0.2) is 29.2 Å². The van der Waals surface area contributed by atoms with Crippen LogP contribution in [0.1, 0.15) is 37.7 Å². The third-order valence-corrected chi connectivity index (χ3v) is 4.99. The van der Waals surface area contributed by atoms with Crippen LogP contribution < -0.4 is 5.32 Å². The number of aromatic nitrogens is 2. The first-order valence-corrected chi connectivity index (χ1v) is 9.04. The molecule has 1 unspecified atom stereocenters. The Bertz CT molecular complexity index is 539. The zero-order valence-electron chi connectivity index (χ0n) is 12.2. The molecule has 0 aliphatic carbocycles. The van der Waals surface area contributed by atoms with Crippen molar-refractivity contribution in [2.24, 2.45) is 0 Å². The molecule has 0 saturated heterocycles. The summed E-state index contributed by atoms with van der Waals surface area (Å²) in [6.07, 6.45) is 4.27. The van der Waals surface area contributed by atoms with Gasteiger partial charge in [-0.2, -0.15) is 0 Å². The maximum Gasteiger partial charge on any atom is 0.148 e. The van der Waals surface area contributed by atoms with Crippen molar-refractivity contribution in [3.8, 4) is 10.6 Å². The molecule has 0 spiro atoms. The van der Waals surface area contributed by atoms with Crippen LogP contribution in [0.5, 0.6) is 0 Å². The van der Waals surface area contributed by atoms with E-state index in [1.165, 1.54) is 10.5 Å². The van der Waals surface area contributed by atoms with Crippen LogP contribution in [0.4, 0.5) is 0 Å². The summed E-state index contributed by atoms with van der Waals surface area (Å²) in [5.41, 5.74) is 1.19. The second-order valence-corrected chi connectivity index (χ2v) is 6.42. The van der Waals surface area contributed by atoms with Crippen molar-refractivity contribution >= 4 is 23.1 Å². The first-order chi connectivity index (χ1) is 9.80. The Labute approximate surface area is 129 Å². The monoisotopic (exact) mass is 307 g/mol. The van der Waals surface area contributed by atoms with E-state index in [2.05, 4.69) is 59.9 Å².